The molecule has 3 N–H and O–H groups in total. The van der Waals surface area contributed by atoms with Gasteiger partial charge in [-0.1, -0.05) is 19.0 Å². The number of carbonyl (C=O) groups is 2. The molecule has 0 bridgehead atoms. The number of nitrogens with one attached hydrogen (secondary N) is 2. The van der Waals surface area contributed by atoms with Gasteiger partial charge in [0.25, 0.3) is 0 Å². The van der Waals surface area contributed by atoms with E-state index in [9.17, 15) is 18.0 Å². The SMILES string of the molecule is CC(C)c1noc(CNC(=O)C2CNC2)n1.O=C(O)C(F)(F)F. The van der Waals surface area contributed by atoms with E-state index in [1.165, 1.54) is 0 Å². The van der Waals surface area contributed by atoms with Crippen molar-refractivity contribution in [1.29, 1.82) is 0 Å². The van der Waals surface area contributed by atoms with Crippen LogP contribution >= 0.6 is 0 Å². The molecule has 0 aliphatic carbocycles. The van der Waals surface area contributed by atoms with E-state index >= 15 is 0 Å². The third-order valence-corrected chi connectivity index (χ3v) is 2.81. The number of carbonyl (C=O) groups excluding carboxylic acids is 1. The van der Waals surface area contributed by atoms with Gasteiger partial charge in [0.05, 0.1) is 12.5 Å². The van der Waals surface area contributed by atoms with Crippen LogP contribution in [0, 0.1) is 5.92 Å². The topological polar surface area (TPSA) is 117 Å². The predicted molar refractivity (Wildman–Crippen MR) is 70.3 cm³/mol. The zero-order valence-corrected chi connectivity index (χ0v) is 12.5. The summed E-state index contributed by atoms with van der Waals surface area (Å²) >= 11 is 0. The maximum atomic E-state index is 11.5. The van der Waals surface area contributed by atoms with Crippen LogP contribution in [0.5, 0.6) is 0 Å². The average molecular weight is 338 g/mol. The highest BCUT2D eigenvalue weighted by atomic mass is 19.4. The summed E-state index contributed by atoms with van der Waals surface area (Å²) in [4.78, 5) is 24.6. The second kappa shape index (κ2) is 7.90. The van der Waals surface area contributed by atoms with Crippen molar-refractivity contribution in [3.8, 4) is 0 Å². The molecule has 1 aliphatic rings. The Hall–Kier alpha value is -2.17. The minimum Gasteiger partial charge on any atom is -0.475 e. The van der Waals surface area contributed by atoms with Gasteiger partial charge in [-0.15, -0.1) is 0 Å². The van der Waals surface area contributed by atoms with Gasteiger partial charge >= 0.3 is 12.1 Å². The number of hydrogen-bond acceptors (Lipinski definition) is 6. The minimum absolute atomic E-state index is 0.0445. The first-order chi connectivity index (χ1) is 10.6. The standard InChI is InChI=1S/C10H16N4O2.C2HF3O2/c1-6(2)9-13-8(16-14-9)5-12-10(15)7-3-11-4-7;3-2(4,5)1(6)7/h6-7,11H,3-5H2,1-2H3,(H,12,15);(H,6,7). The first-order valence-electron chi connectivity index (χ1n) is 6.72. The number of amides is 1. The summed E-state index contributed by atoms with van der Waals surface area (Å²) in [7, 11) is 0. The maximum absolute atomic E-state index is 11.5. The van der Waals surface area contributed by atoms with Gasteiger partial charge in [-0.2, -0.15) is 18.2 Å². The highest BCUT2D eigenvalue weighted by molar-refractivity contribution is 5.79. The van der Waals surface area contributed by atoms with Crippen LogP contribution in [-0.2, 0) is 16.1 Å². The first kappa shape index (κ1) is 18.9. The molecule has 1 fully saturated rings. The van der Waals surface area contributed by atoms with E-state index in [4.69, 9.17) is 14.4 Å². The third kappa shape index (κ3) is 6.22. The molecule has 2 heterocycles. The largest absolute Gasteiger partial charge is 0.490 e. The Morgan fingerprint density at radius 1 is 1.43 bits per heavy atom. The molecule has 0 spiro atoms. The molecule has 0 saturated carbocycles. The molecule has 23 heavy (non-hydrogen) atoms. The Balaban J connectivity index is 0.000000322. The molecule has 130 valence electrons. The van der Waals surface area contributed by atoms with Crippen LogP contribution < -0.4 is 10.6 Å². The van der Waals surface area contributed by atoms with Gasteiger partial charge in [0.1, 0.15) is 0 Å². The first-order valence-corrected chi connectivity index (χ1v) is 6.72. The van der Waals surface area contributed by atoms with Gasteiger partial charge in [0.15, 0.2) is 5.82 Å². The van der Waals surface area contributed by atoms with Gasteiger partial charge in [-0.25, -0.2) is 4.79 Å². The molecular formula is C12H17F3N4O4. The number of nitrogens with zero attached hydrogens (tertiary/aromatic N) is 2. The molecule has 0 atom stereocenters. The van der Waals surface area contributed by atoms with Crippen LogP contribution in [0.25, 0.3) is 0 Å². The zero-order chi connectivity index (χ0) is 17.6. The Labute approximate surface area is 129 Å². The molecule has 1 aliphatic heterocycles. The van der Waals surface area contributed by atoms with Crippen molar-refractivity contribution >= 4 is 11.9 Å². The fourth-order valence-corrected chi connectivity index (χ4v) is 1.36. The van der Waals surface area contributed by atoms with E-state index in [2.05, 4.69) is 20.8 Å². The van der Waals surface area contributed by atoms with Gasteiger partial charge in [0.2, 0.25) is 11.8 Å². The van der Waals surface area contributed by atoms with E-state index in [1.54, 1.807) is 0 Å². The summed E-state index contributed by atoms with van der Waals surface area (Å²) in [5.41, 5.74) is 0. The molecule has 0 unspecified atom stereocenters. The second-order valence-corrected chi connectivity index (χ2v) is 5.08. The van der Waals surface area contributed by atoms with Gasteiger partial charge in [-0.3, -0.25) is 4.79 Å². The molecule has 1 amide bonds. The van der Waals surface area contributed by atoms with Crippen LogP contribution in [0.3, 0.4) is 0 Å². The number of alkyl halides is 3. The number of halogens is 3. The summed E-state index contributed by atoms with van der Waals surface area (Å²) in [6.07, 6.45) is -5.08. The fourth-order valence-electron chi connectivity index (χ4n) is 1.36. The van der Waals surface area contributed by atoms with E-state index in [-0.39, 0.29) is 17.7 Å². The van der Waals surface area contributed by atoms with Crippen molar-refractivity contribution < 1.29 is 32.4 Å². The molecule has 1 aromatic rings. The van der Waals surface area contributed by atoms with Gasteiger partial charge in [-0.05, 0) is 0 Å². The summed E-state index contributed by atoms with van der Waals surface area (Å²) in [6, 6.07) is 0. The van der Waals surface area contributed by atoms with E-state index < -0.39 is 12.1 Å². The van der Waals surface area contributed by atoms with Crippen molar-refractivity contribution in [2.24, 2.45) is 5.92 Å². The normalized spacial score (nSPS) is 14.7. The summed E-state index contributed by atoms with van der Waals surface area (Å²) in [5, 5.41) is 16.8. The molecule has 0 radical (unpaired) electrons. The van der Waals surface area contributed by atoms with E-state index in [0.29, 0.717) is 18.3 Å². The number of aromatic nitrogens is 2. The smallest absolute Gasteiger partial charge is 0.475 e. The number of rotatable bonds is 4. The van der Waals surface area contributed by atoms with E-state index in [1.807, 2.05) is 13.8 Å². The highest BCUT2D eigenvalue weighted by Crippen LogP contribution is 2.13. The molecule has 8 nitrogen and oxygen atoms in total. The van der Waals surface area contributed by atoms with Crippen LogP contribution in [0.15, 0.2) is 4.52 Å². The van der Waals surface area contributed by atoms with Crippen molar-refractivity contribution in [1.82, 2.24) is 20.8 Å². The highest BCUT2D eigenvalue weighted by Gasteiger charge is 2.38. The summed E-state index contributed by atoms with van der Waals surface area (Å²) in [6.45, 7) is 5.81. The van der Waals surface area contributed by atoms with E-state index in [0.717, 1.165) is 13.1 Å². The Kier molecular flexibility index (Phi) is 6.49. The molecular weight excluding hydrogens is 321 g/mol. The molecule has 0 aromatic carbocycles. The van der Waals surface area contributed by atoms with Crippen LogP contribution in [-0.4, -0.2) is 46.4 Å². The second-order valence-electron chi connectivity index (χ2n) is 5.08. The zero-order valence-electron chi connectivity index (χ0n) is 12.5. The maximum Gasteiger partial charge on any atom is 0.490 e. The quantitative estimate of drug-likeness (QED) is 0.738. The minimum atomic E-state index is -5.08. The molecule has 1 saturated heterocycles. The number of carboxylic acid groups (broad SMARTS) is 1. The Bertz CT molecular complexity index is 541. The van der Waals surface area contributed by atoms with Crippen molar-refractivity contribution in [3.05, 3.63) is 11.7 Å². The number of hydrogen-bond donors (Lipinski definition) is 3. The average Bonchev–Trinajstić information content (AvgIpc) is 2.82. The fraction of sp³-hybridized carbons (Fsp3) is 0.667. The predicted octanol–water partition coefficient (Wildman–Crippen LogP) is 0.662. The van der Waals surface area contributed by atoms with Gasteiger partial charge < -0.3 is 20.3 Å². The van der Waals surface area contributed by atoms with Crippen molar-refractivity contribution in [2.45, 2.75) is 32.5 Å². The lowest BCUT2D eigenvalue weighted by atomic mass is 10.0. The van der Waals surface area contributed by atoms with Crippen LogP contribution in [0.4, 0.5) is 13.2 Å². The molecule has 1 aromatic heterocycles. The summed E-state index contributed by atoms with van der Waals surface area (Å²) in [5.74, 6) is -1.24. The van der Waals surface area contributed by atoms with Crippen molar-refractivity contribution in [3.63, 3.8) is 0 Å². The molecule has 2 rings (SSSR count). The monoisotopic (exact) mass is 338 g/mol. The number of aliphatic carboxylic acids is 1. The third-order valence-electron chi connectivity index (χ3n) is 2.81. The summed E-state index contributed by atoms with van der Waals surface area (Å²) < 4.78 is 36.8. The number of carboxylic acids is 1. The lowest BCUT2D eigenvalue weighted by Crippen LogP contribution is -2.50. The Morgan fingerprint density at radius 2 is 2.00 bits per heavy atom. The van der Waals surface area contributed by atoms with Crippen molar-refractivity contribution in [2.75, 3.05) is 13.1 Å². The van der Waals surface area contributed by atoms with Crippen LogP contribution in [0.1, 0.15) is 31.5 Å². The molecule has 11 heteroatoms. The Morgan fingerprint density at radius 3 is 2.35 bits per heavy atom. The van der Waals surface area contributed by atoms with Crippen LogP contribution in [0.2, 0.25) is 0 Å². The lowest BCUT2D eigenvalue weighted by molar-refractivity contribution is -0.192. The van der Waals surface area contributed by atoms with Gasteiger partial charge in [0, 0.05) is 19.0 Å². The lowest BCUT2D eigenvalue weighted by Gasteiger charge is -2.25.